The van der Waals surface area contributed by atoms with Gasteiger partial charge < -0.3 is 20.3 Å². The molecule has 3 heterocycles. The van der Waals surface area contributed by atoms with E-state index in [1.165, 1.54) is 37.3 Å². The highest BCUT2D eigenvalue weighted by atomic mass is 32.1. The number of rotatable bonds is 6. The normalized spacial score (nSPS) is 15.7. The van der Waals surface area contributed by atoms with Gasteiger partial charge in [-0.25, -0.2) is 0 Å². The van der Waals surface area contributed by atoms with Crippen molar-refractivity contribution >= 4 is 39.1 Å². The van der Waals surface area contributed by atoms with Crippen molar-refractivity contribution < 1.29 is 27.5 Å². The zero-order chi connectivity index (χ0) is 25.2. The number of carbonyl (C=O) groups is 2. The summed E-state index contributed by atoms with van der Waals surface area (Å²) in [6.45, 7) is 3.92. The van der Waals surface area contributed by atoms with Crippen LogP contribution in [0.1, 0.15) is 31.9 Å². The Bertz CT molecular complexity index is 1230. The van der Waals surface area contributed by atoms with Gasteiger partial charge in [0, 0.05) is 32.9 Å². The molecule has 1 saturated heterocycles. The second-order valence-corrected chi connectivity index (χ2v) is 8.71. The largest absolute Gasteiger partial charge is 0.573 e. The lowest BCUT2D eigenvalue weighted by molar-refractivity contribution is -0.274. The molecule has 0 bridgehead atoms. The fourth-order valence-electron chi connectivity index (χ4n) is 3.71. The standard InChI is InChI=1S/C21H20F3N7O3S/c1-11(32)25-15-4-3-5-17(34-21(22,23)24)18(15)16-7-6-14(27-28-16)13-8-9-31(10-13)20-30-29-19(35-20)26-12(2)33/h3-7,13H,8-10H2,1-2H3,(H,25,32)(H,26,29,33). The molecule has 184 valence electrons. The van der Waals surface area contributed by atoms with E-state index < -0.39 is 18.0 Å². The lowest BCUT2D eigenvalue weighted by atomic mass is 10.0. The molecule has 2 aromatic heterocycles. The summed E-state index contributed by atoms with van der Waals surface area (Å²) in [5.74, 6) is -1.17. The lowest BCUT2D eigenvalue weighted by Gasteiger charge is -2.17. The van der Waals surface area contributed by atoms with Gasteiger partial charge in [0.05, 0.1) is 22.6 Å². The third-order valence-electron chi connectivity index (χ3n) is 5.08. The number of hydrogen-bond acceptors (Lipinski definition) is 9. The molecule has 2 amide bonds. The number of hydrogen-bond donors (Lipinski definition) is 2. The molecule has 0 spiro atoms. The second kappa shape index (κ2) is 9.82. The second-order valence-electron chi connectivity index (χ2n) is 7.75. The van der Waals surface area contributed by atoms with Crippen LogP contribution in [0.5, 0.6) is 5.75 Å². The smallest absolute Gasteiger partial charge is 0.405 e. The van der Waals surface area contributed by atoms with Gasteiger partial charge in [-0.1, -0.05) is 17.4 Å². The Morgan fingerprint density at radius 1 is 1.06 bits per heavy atom. The van der Waals surface area contributed by atoms with E-state index >= 15 is 0 Å². The summed E-state index contributed by atoms with van der Waals surface area (Å²) < 4.78 is 43.0. The van der Waals surface area contributed by atoms with Gasteiger partial charge in [0.1, 0.15) is 5.75 Å². The van der Waals surface area contributed by atoms with E-state index in [0.717, 1.165) is 12.5 Å². The molecule has 4 rings (SSSR count). The molecule has 35 heavy (non-hydrogen) atoms. The minimum Gasteiger partial charge on any atom is -0.405 e. The monoisotopic (exact) mass is 507 g/mol. The zero-order valence-electron chi connectivity index (χ0n) is 18.6. The summed E-state index contributed by atoms with van der Waals surface area (Å²) in [4.78, 5) is 24.8. The van der Waals surface area contributed by atoms with Gasteiger partial charge in [-0.05, 0) is 30.7 Å². The number of carbonyl (C=O) groups excluding carboxylic acids is 2. The number of anilines is 3. The summed E-state index contributed by atoms with van der Waals surface area (Å²) in [7, 11) is 0. The maximum Gasteiger partial charge on any atom is 0.573 e. The third-order valence-corrected chi connectivity index (χ3v) is 5.98. The van der Waals surface area contributed by atoms with Crippen molar-refractivity contribution in [1.82, 2.24) is 20.4 Å². The van der Waals surface area contributed by atoms with Crippen molar-refractivity contribution in [3.8, 4) is 17.0 Å². The van der Waals surface area contributed by atoms with Crippen molar-refractivity contribution in [2.45, 2.75) is 32.5 Å². The quantitative estimate of drug-likeness (QED) is 0.517. The molecule has 0 radical (unpaired) electrons. The number of alkyl halides is 3. The van der Waals surface area contributed by atoms with Gasteiger partial charge >= 0.3 is 6.36 Å². The molecule has 1 aliphatic heterocycles. The summed E-state index contributed by atoms with van der Waals surface area (Å²) in [6, 6.07) is 7.20. The van der Waals surface area contributed by atoms with Crippen molar-refractivity contribution in [1.29, 1.82) is 0 Å². The molecule has 14 heteroatoms. The van der Waals surface area contributed by atoms with Gasteiger partial charge in [0.2, 0.25) is 22.1 Å². The predicted molar refractivity (Wildman–Crippen MR) is 122 cm³/mol. The maximum atomic E-state index is 13.0. The number of amides is 2. The minimum atomic E-state index is -4.92. The van der Waals surface area contributed by atoms with Crippen LogP contribution >= 0.6 is 11.3 Å². The first kappa shape index (κ1) is 24.3. The molecule has 0 saturated carbocycles. The van der Waals surface area contributed by atoms with Crippen molar-refractivity contribution in [3.05, 3.63) is 36.0 Å². The lowest BCUT2D eigenvalue weighted by Crippen LogP contribution is -2.19. The van der Waals surface area contributed by atoms with Crippen molar-refractivity contribution in [3.63, 3.8) is 0 Å². The first-order chi connectivity index (χ1) is 16.6. The number of aromatic nitrogens is 4. The van der Waals surface area contributed by atoms with Crippen LogP contribution in [-0.4, -0.2) is 51.7 Å². The Hall–Kier alpha value is -3.81. The van der Waals surface area contributed by atoms with Gasteiger partial charge in [-0.15, -0.1) is 23.4 Å². The first-order valence-corrected chi connectivity index (χ1v) is 11.3. The average Bonchev–Trinajstić information content (AvgIpc) is 3.42. The van der Waals surface area contributed by atoms with Gasteiger partial charge in [-0.3, -0.25) is 9.59 Å². The van der Waals surface area contributed by atoms with Crippen LogP contribution in [0.15, 0.2) is 30.3 Å². The van der Waals surface area contributed by atoms with Crippen molar-refractivity contribution in [2.75, 3.05) is 28.6 Å². The first-order valence-electron chi connectivity index (χ1n) is 10.5. The molecular weight excluding hydrogens is 487 g/mol. The highest BCUT2D eigenvalue weighted by molar-refractivity contribution is 7.19. The van der Waals surface area contributed by atoms with E-state index in [0.29, 0.717) is 29.0 Å². The molecule has 2 N–H and O–H groups in total. The van der Waals surface area contributed by atoms with Crippen LogP contribution in [0, 0.1) is 0 Å². The Labute approximate surface area is 201 Å². The van der Waals surface area contributed by atoms with E-state index in [1.54, 1.807) is 12.1 Å². The molecule has 1 aromatic carbocycles. The molecule has 1 unspecified atom stereocenters. The summed E-state index contributed by atoms with van der Waals surface area (Å²) in [5.41, 5.74) is 0.889. The van der Waals surface area contributed by atoms with E-state index in [4.69, 9.17) is 0 Å². The van der Waals surface area contributed by atoms with Gasteiger partial charge in [0.25, 0.3) is 0 Å². The van der Waals surface area contributed by atoms with Crippen LogP contribution in [0.25, 0.3) is 11.3 Å². The van der Waals surface area contributed by atoms with Crippen LogP contribution in [0.3, 0.4) is 0 Å². The van der Waals surface area contributed by atoms with Crippen LogP contribution in [0.2, 0.25) is 0 Å². The van der Waals surface area contributed by atoms with Crippen LogP contribution < -0.4 is 20.3 Å². The van der Waals surface area contributed by atoms with E-state index in [9.17, 15) is 22.8 Å². The fourth-order valence-corrected chi connectivity index (χ4v) is 4.54. The minimum absolute atomic E-state index is 0.0150. The molecule has 1 fully saturated rings. The molecule has 1 atom stereocenters. The van der Waals surface area contributed by atoms with Gasteiger partial charge in [0.15, 0.2) is 0 Å². The highest BCUT2D eigenvalue weighted by Crippen LogP contribution is 2.39. The van der Waals surface area contributed by atoms with Crippen LogP contribution in [0.4, 0.5) is 29.1 Å². The number of benzene rings is 1. The molecule has 0 aliphatic carbocycles. The number of nitrogens with one attached hydrogen (secondary N) is 2. The summed E-state index contributed by atoms with van der Waals surface area (Å²) in [5, 5.41) is 22.6. The topological polar surface area (TPSA) is 122 Å². The van der Waals surface area contributed by atoms with E-state index in [-0.39, 0.29) is 28.8 Å². The fraction of sp³-hybridized carbons (Fsp3) is 0.333. The number of halogens is 3. The number of ether oxygens (including phenoxy) is 1. The molecule has 1 aliphatic rings. The highest BCUT2D eigenvalue weighted by Gasteiger charge is 2.33. The van der Waals surface area contributed by atoms with Gasteiger partial charge in [-0.2, -0.15) is 10.2 Å². The number of nitrogens with zero attached hydrogens (tertiary/aromatic N) is 5. The molecular formula is C21H20F3N7O3S. The van der Waals surface area contributed by atoms with Crippen molar-refractivity contribution in [2.24, 2.45) is 0 Å². The Morgan fingerprint density at radius 2 is 1.83 bits per heavy atom. The van der Waals surface area contributed by atoms with Crippen LogP contribution in [-0.2, 0) is 9.59 Å². The molecule has 10 nitrogen and oxygen atoms in total. The Kier molecular flexibility index (Phi) is 6.82. The zero-order valence-corrected chi connectivity index (χ0v) is 19.4. The SMILES string of the molecule is CC(=O)Nc1nnc(N2CCC(c3ccc(-c4c(NC(C)=O)cccc4OC(F)(F)F)nn3)C2)s1. The molecule has 3 aromatic rings. The van der Waals surface area contributed by atoms with E-state index in [2.05, 4.69) is 35.8 Å². The average molecular weight is 507 g/mol. The van der Waals surface area contributed by atoms with E-state index in [1.807, 2.05) is 4.90 Å². The maximum absolute atomic E-state index is 13.0. The Balaban J connectivity index is 1.55. The third kappa shape index (κ3) is 6.01. The Morgan fingerprint density at radius 3 is 2.49 bits per heavy atom. The summed E-state index contributed by atoms with van der Waals surface area (Å²) >= 11 is 1.26. The predicted octanol–water partition coefficient (Wildman–Crippen LogP) is 3.80. The summed E-state index contributed by atoms with van der Waals surface area (Å²) in [6.07, 6.45) is -4.16.